The first-order chi connectivity index (χ1) is 7.39. The van der Waals surface area contributed by atoms with Gasteiger partial charge in [-0.15, -0.1) is 0 Å². The number of aliphatic hydroxyl groups is 3. The lowest BCUT2D eigenvalue weighted by atomic mass is 10.2. The Bertz CT molecular complexity index is 164. The second-order valence-corrected chi connectivity index (χ2v) is 4.83. The van der Waals surface area contributed by atoms with Gasteiger partial charge in [-0.2, -0.15) is 0 Å². The summed E-state index contributed by atoms with van der Waals surface area (Å²) in [5.41, 5.74) is -0.264. The summed E-state index contributed by atoms with van der Waals surface area (Å²) < 4.78 is 5.45. The van der Waals surface area contributed by atoms with Crippen LogP contribution in [0.25, 0.3) is 0 Å². The molecular weight excluding hydrogens is 210 g/mol. The van der Waals surface area contributed by atoms with Crippen LogP contribution in [0.3, 0.4) is 0 Å². The third-order valence-corrected chi connectivity index (χ3v) is 2.01. The second kappa shape index (κ2) is 7.97. The molecular formula is C11H25NO4. The highest BCUT2D eigenvalue weighted by molar-refractivity contribution is 4.66. The molecule has 0 aliphatic rings. The minimum Gasteiger partial charge on any atom is -0.395 e. The molecule has 0 aromatic heterocycles. The molecule has 5 heteroatoms. The molecule has 0 amide bonds. The minimum atomic E-state index is -0.600. The van der Waals surface area contributed by atoms with E-state index in [0.717, 1.165) is 0 Å². The van der Waals surface area contributed by atoms with Crippen LogP contribution in [-0.4, -0.2) is 71.4 Å². The molecule has 16 heavy (non-hydrogen) atoms. The highest BCUT2D eigenvalue weighted by Gasteiger charge is 2.15. The maximum absolute atomic E-state index is 9.71. The van der Waals surface area contributed by atoms with Crippen LogP contribution in [0.4, 0.5) is 0 Å². The first-order valence-corrected chi connectivity index (χ1v) is 5.65. The van der Waals surface area contributed by atoms with Crippen LogP contribution in [0.5, 0.6) is 0 Å². The summed E-state index contributed by atoms with van der Waals surface area (Å²) in [6.45, 7) is 7.39. The maximum Gasteiger partial charge on any atom is 0.0900 e. The molecule has 3 N–H and O–H groups in total. The molecule has 5 nitrogen and oxygen atoms in total. The van der Waals surface area contributed by atoms with E-state index in [0.29, 0.717) is 19.6 Å². The normalized spacial score (nSPS) is 14.4. The summed E-state index contributed by atoms with van der Waals surface area (Å²) in [5, 5.41) is 27.3. The van der Waals surface area contributed by atoms with Crippen LogP contribution in [0.1, 0.15) is 20.8 Å². The van der Waals surface area contributed by atoms with Crippen molar-refractivity contribution in [3.05, 3.63) is 0 Å². The Kier molecular flexibility index (Phi) is 7.87. The fourth-order valence-corrected chi connectivity index (χ4v) is 1.27. The van der Waals surface area contributed by atoms with Gasteiger partial charge >= 0.3 is 0 Å². The Morgan fingerprint density at radius 3 is 2.00 bits per heavy atom. The van der Waals surface area contributed by atoms with Crippen molar-refractivity contribution in [3.8, 4) is 0 Å². The third kappa shape index (κ3) is 9.06. The first-order valence-electron chi connectivity index (χ1n) is 5.65. The van der Waals surface area contributed by atoms with Gasteiger partial charge in [0.1, 0.15) is 0 Å². The average Bonchev–Trinajstić information content (AvgIpc) is 2.14. The largest absolute Gasteiger partial charge is 0.395 e. The molecule has 0 unspecified atom stereocenters. The van der Waals surface area contributed by atoms with Crippen LogP contribution >= 0.6 is 0 Å². The van der Waals surface area contributed by atoms with Gasteiger partial charge in [-0.05, 0) is 20.8 Å². The van der Waals surface area contributed by atoms with Gasteiger partial charge in [0.15, 0.2) is 0 Å². The lowest BCUT2D eigenvalue weighted by Gasteiger charge is -2.26. The van der Waals surface area contributed by atoms with E-state index in [1.807, 2.05) is 20.8 Å². The predicted molar refractivity (Wildman–Crippen MR) is 62.3 cm³/mol. The molecule has 1 atom stereocenters. The van der Waals surface area contributed by atoms with Gasteiger partial charge in [-0.1, -0.05) is 0 Å². The fourth-order valence-electron chi connectivity index (χ4n) is 1.27. The molecule has 0 spiro atoms. The highest BCUT2D eigenvalue weighted by Crippen LogP contribution is 2.07. The van der Waals surface area contributed by atoms with E-state index in [-0.39, 0.29) is 25.4 Å². The van der Waals surface area contributed by atoms with Gasteiger partial charge in [-0.3, -0.25) is 4.90 Å². The molecule has 0 aliphatic heterocycles. The Labute approximate surface area is 97.6 Å². The Hall–Kier alpha value is -0.200. The summed E-state index contributed by atoms with van der Waals surface area (Å²) in [6.07, 6.45) is -0.600. The molecule has 0 rings (SSSR count). The quantitative estimate of drug-likeness (QED) is 0.526. The number of rotatable bonds is 8. The van der Waals surface area contributed by atoms with E-state index in [1.54, 1.807) is 4.90 Å². The summed E-state index contributed by atoms with van der Waals surface area (Å²) in [5.74, 6) is 0. The summed E-state index contributed by atoms with van der Waals surface area (Å²) in [4.78, 5) is 1.80. The highest BCUT2D eigenvalue weighted by atomic mass is 16.5. The zero-order valence-corrected chi connectivity index (χ0v) is 10.5. The molecule has 0 aromatic rings. The number of nitrogens with zero attached hydrogens (tertiary/aromatic N) is 1. The zero-order valence-electron chi connectivity index (χ0n) is 10.5. The van der Waals surface area contributed by atoms with Crippen LogP contribution in [0.2, 0.25) is 0 Å². The van der Waals surface area contributed by atoms with Crippen molar-refractivity contribution in [2.24, 2.45) is 0 Å². The zero-order chi connectivity index (χ0) is 12.6. The van der Waals surface area contributed by atoms with Crippen LogP contribution in [-0.2, 0) is 4.74 Å². The average molecular weight is 235 g/mol. The molecule has 0 fully saturated rings. The minimum absolute atomic E-state index is 0.0207. The lowest BCUT2D eigenvalue weighted by Crippen LogP contribution is -2.39. The Morgan fingerprint density at radius 2 is 1.62 bits per heavy atom. The molecule has 0 saturated carbocycles. The first kappa shape index (κ1) is 15.8. The second-order valence-electron chi connectivity index (χ2n) is 4.83. The Balaban J connectivity index is 3.85. The van der Waals surface area contributed by atoms with Crippen LogP contribution in [0, 0.1) is 0 Å². The molecule has 0 bridgehead atoms. The van der Waals surface area contributed by atoms with Gasteiger partial charge in [0.05, 0.1) is 31.5 Å². The summed E-state index contributed by atoms with van der Waals surface area (Å²) >= 11 is 0. The van der Waals surface area contributed by atoms with Crippen molar-refractivity contribution in [2.45, 2.75) is 32.5 Å². The smallest absolute Gasteiger partial charge is 0.0900 e. The van der Waals surface area contributed by atoms with Crippen molar-refractivity contribution in [1.29, 1.82) is 0 Å². The predicted octanol–water partition coefficient (Wildman–Crippen LogP) is -0.551. The van der Waals surface area contributed by atoms with Crippen molar-refractivity contribution in [1.82, 2.24) is 4.90 Å². The monoisotopic (exact) mass is 235 g/mol. The Morgan fingerprint density at radius 1 is 1.12 bits per heavy atom. The van der Waals surface area contributed by atoms with Crippen molar-refractivity contribution in [2.75, 3.05) is 39.5 Å². The van der Waals surface area contributed by atoms with Crippen LogP contribution < -0.4 is 0 Å². The van der Waals surface area contributed by atoms with E-state index < -0.39 is 6.10 Å². The number of hydrogen-bond donors (Lipinski definition) is 3. The van der Waals surface area contributed by atoms with Crippen molar-refractivity contribution >= 4 is 0 Å². The van der Waals surface area contributed by atoms with Gasteiger partial charge in [0.25, 0.3) is 0 Å². The topological polar surface area (TPSA) is 73.2 Å². The maximum atomic E-state index is 9.71. The lowest BCUT2D eigenvalue weighted by molar-refractivity contribution is -0.0574. The number of aliphatic hydroxyl groups excluding tert-OH is 3. The van der Waals surface area contributed by atoms with Crippen molar-refractivity contribution in [3.63, 3.8) is 0 Å². The summed E-state index contributed by atoms with van der Waals surface area (Å²) in [6, 6.07) is 0. The third-order valence-electron chi connectivity index (χ3n) is 2.01. The molecule has 0 saturated heterocycles. The molecule has 0 aliphatic carbocycles. The standard InChI is InChI=1S/C11H25NO4/c1-11(2,3)16-9-10(15)8-12(4-6-13)5-7-14/h10,13-15H,4-9H2,1-3H3/t10-/m1/s1. The SMILES string of the molecule is CC(C)(C)OC[C@H](O)CN(CCO)CCO. The van der Waals surface area contributed by atoms with Crippen LogP contribution in [0.15, 0.2) is 0 Å². The van der Waals surface area contributed by atoms with E-state index >= 15 is 0 Å². The molecule has 98 valence electrons. The van der Waals surface area contributed by atoms with E-state index in [9.17, 15) is 5.11 Å². The summed E-state index contributed by atoms with van der Waals surface area (Å²) in [7, 11) is 0. The van der Waals surface area contributed by atoms with Gasteiger partial charge in [0, 0.05) is 19.6 Å². The fraction of sp³-hybridized carbons (Fsp3) is 1.00. The van der Waals surface area contributed by atoms with Gasteiger partial charge < -0.3 is 20.1 Å². The van der Waals surface area contributed by atoms with E-state index in [1.165, 1.54) is 0 Å². The van der Waals surface area contributed by atoms with Gasteiger partial charge in [0.2, 0.25) is 0 Å². The molecule has 0 aromatic carbocycles. The number of ether oxygens (including phenoxy) is 1. The number of hydrogen-bond acceptors (Lipinski definition) is 5. The van der Waals surface area contributed by atoms with Crippen molar-refractivity contribution < 1.29 is 20.1 Å². The van der Waals surface area contributed by atoms with E-state index in [4.69, 9.17) is 14.9 Å². The van der Waals surface area contributed by atoms with E-state index in [2.05, 4.69) is 0 Å². The van der Waals surface area contributed by atoms with Gasteiger partial charge in [-0.25, -0.2) is 0 Å². The molecule has 0 radical (unpaired) electrons. The molecule has 0 heterocycles.